The van der Waals surface area contributed by atoms with Gasteiger partial charge in [-0.3, -0.25) is 14.4 Å². The van der Waals surface area contributed by atoms with Gasteiger partial charge in [0.05, 0.1) is 10.0 Å². The molecule has 0 bridgehead atoms. The highest BCUT2D eigenvalue weighted by atomic mass is 35.5. The molecule has 2 heterocycles. The van der Waals surface area contributed by atoms with Crippen LogP contribution >= 0.6 is 23.2 Å². The lowest BCUT2D eigenvalue weighted by Crippen LogP contribution is -2.49. The molecular weight excluding hydrogens is 379 g/mol. The maximum atomic E-state index is 12.4. The van der Waals surface area contributed by atoms with Gasteiger partial charge in [-0.1, -0.05) is 29.3 Å². The third-order valence-electron chi connectivity index (χ3n) is 4.27. The van der Waals surface area contributed by atoms with E-state index in [2.05, 4.69) is 10.00 Å². The summed E-state index contributed by atoms with van der Waals surface area (Å²) in [6.45, 7) is 3.54. The van der Waals surface area contributed by atoms with Crippen molar-refractivity contribution in [2.24, 2.45) is 0 Å². The van der Waals surface area contributed by atoms with Crippen LogP contribution in [0.4, 0.5) is 0 Å². The number of hydrogen-bond acceptors (Lipinski definition) is 4. The van der Waals surface area contributed by atoms with Gasteiger partial charge < -0.3 is 10.0 Å². The largest absolute Gasteiger partial charge is 0.476 e. The lowest BCUT2D eigenvalue weighted by atomic mass is 10.2. The predicted octanol–water partition coefficient (Wildman–Crippen LogP) is 2.23. The van der Waals surface area contributed by atoms with E-state index >= 15 is 0 Å². The van der Waals surface area contributed by atoms with Crippen LogP contribution in [0.2, 0.25) is 10.0 Å². The Bertz CT molecular complexity index is 816. The number of hydrogen-bond donors (Lipinski definition) is 1. The van der Waals surface area contributed by atoms with Crippen molar-refractivity contribution in [3.05, 3.63) is 51.8 Å². The molecule has 0 unspecified atom stereocenters. The Kier molecular flexibility index (Phi) is 5.80. The van der Waals surface area contributed by atoms with Gasteiger partial charge in [0.1, 0.15) is 6.54 Å². The standard InChI is InChI=1S/C17H18Cl2N4O3/c18-13-2-1-12(9-14(13)19)10-21-5-7-22(8-6-21)16(24)11-23-4-3-15(20-23)17(25)26/h1-4,9H,5-8,10-11H2,(H,25,26). The van der Waals surface area contributed by atoms with Crippen molar-refractivity contribution in [1.29, 1.82) is 0 Å². The van der Waals surface area contributed by atoms with Gasteiger partial charge in [-0.2, -0.15) is 5.10 Å². The Morgan fingerprint density at radius 3 is 2.42 bits per heavy atom. The first-order valence-corrected chi connectivity index (χ1v) is 8.89. The zero-order valence-electron chi connectivity index (χ0n) is 13.9. The molecule has 1 saturated heterocycles. The van der Waals surface area contributed by atoms with Gasteiger partial charge in [0, 0.05) is 38.9 Å². The normalized spacial score (nSPS) is 15.2. The van der Waals surface area contributed by atoms with Crippen molar-refractivity contribution in [2.75, 3.05) is 26.2 Å². The minimum Gasteiger partial charge on any atom is -0.476 e. The Morgan fingerprint density at radius 1 is 1.08 bits per heavy atom. The number of halogens is 2. The summed E-state index contributed by atoms with van der Waals surface area (Å²) in [4.78, 5) is 27.2. The molecule has 1 amide bonds. The molecular formula is C17H18Cl2N4O3. The number of nitrogens with zero attached hydrogens (tertiary/aromatic N) is 4. The maximum absolute atomic E-state index is 12.4. The molecule has 0 saturated carbocycles. The molecule has 0 spiro atoms. The van der Waals surface area contributed by atoms with E-state index in [1.807, 2.05) is 12.1 Å². The fourth-order valence-electron chi connectivity index (χ4n) is 2.85. The third-order valence-corrected chi connectivity index (χ3v) is 5.01. The smallest absolute Gasteiger partial charge is 0.356 e. The Labute approximate surface area is 160 Å². The number of aromatic carboxylic acids is 1. The number of amides is 1. The average molecular weight is 397 g/mol. The maximum Gasteiger partial charge on any atom is 0.356 e. The number of piperazine rings is 1. The molecule has 1 aliphatic rings. The Balaban J connectivity index is 1.50. The molecule has 2 aromatic rings. The predicted molar refractivity (Wildman–Crippen MR) is 97.5 cm³/mol. The van der Waals surface area contributed by atoms with Gasteiger partial charge in [0.2, 0.25) is 5.91 Å². The van der Waals surface area contributed by atoms with Crippen molar-refractivity contribution in [2.45, 2.75) is 13.1 Å². The molecule has 9 heteroatoms. The van der Waals surface area contributed by atoms with Crippen LogP contribution in [0.25, 0.3) is 0 Å². The summed E-state index contributed by atoms with van der Waals surface area (Å²) in [7, 11) is 0. The molecule has 7 nitrogen and oxygen atoms in total. The van der Waals surface area contributed by atoms with Gasteiger partial charge in [-0.05, 0) is 23.8 Å². The number of carbonyl (C=O) groups excluding carboxylic acids is 1. The van der Waals surface area contributed by atoms with Crippen molar-refractivity contribution < 1.29 is 14.7 Å². The van der Waals surface area contributed by atoms with E-state index in [4.69, 9.17) is 28.3 Å². The van der Waals surface area contributed by atoms with Gasteiger partial charge >= 0.3 is 5.97 Å². The van der Waals surface area contributed by atoms with Gasteiger partial charge in [-0.15, -0.1) is 0 Å². The molecule has 1 aromatic heterocycles. The van der Waals surface area contributed by atoms with Crippen LogP contribution in [0.15, 0.2) is 30.5 Å². The van der Waals surface area contributed by atoms with Crippen molar-refractivity contribution in [1.82, 2.24) is 19.6 Å². The highest BCUT2D eigenvalue weighted by Gasteiger charge is 2.22. The van der Waals surface area contributed by atoms with Gasteiger partial charge in [0.25, 0.3) is 0 Å². The Hall–Kier alpha value is -2.09. The lowest BCUT2D eigenvalue weighted by molar-refractivity contribution is -0.133. The van der Waals surface area contributed by atoms with E-state index in [0.29, 0.717) is 23.1 Å². The summed E-state index contributed by atoms with van der Waals surface area (Å²) in [6.07, 6.45) is 1.50. The van der Waals surface area contributed by atoms with E-state index in [9.17, 15) is 9.59 Å². The zero-order valence-corrected chi connectivity index (χ0v) is 15.4. The molecule has 3 rings (SSSR count). The minimum absolute atomic E-state index is 0.0417. The van der Waals surface area contributed by atoms with E-state index in [1.165, 1.54) is 16.9 Å². The fourth-order valence-corrected chi connectivity index (χ4v) is 3.17. The molecule has 1 fully saturated rings. The highest BCUT2D eigenvalue weighted by Crippen LogP contribution is 2.23. The fraction of sp³-hybridized carbons (Fsp3) is 0.353. The minimum atomic E-state index is -1.10. The summed E-state index contributed by atoms with van der Waals surface area (Å²) in [6, 6.07) is 6.97. The molecule has 1 N–H and O–H groups in total. The Morgan fingerprint density at radius 2 is 1.81 bits per heavy atom. The number of aromatic nitrogens is 2. The average Bonchev–Trinajstić information content (AvgIpc) is 3.07. The number of benzene rings is 1. The van der Waals surface area contributed by atoms with E-state index in [1.54, 1.807) is 11.0 Å². The van der Waals surface area contributed by atoms with E-state index in [-0.39, 0.29) is 18.1 Å². The zero-order chi connectivity index (χ0) is 18.7. The van der Waals surface area contributed by atoms with Crippen molar-refractivity contribution in [3.8, 4) is 0 Å². The third kappa shape index (κ3) is 4.55. The number of carboxylic acid groups (broad SMARTS) is 1. The second-order valence-electron chi connectivity index (χ2n) is 6.11. The summed E-state index contributed by atoms with van der Waals surface area (Å²) in [5.74, 6) is -1.17. The van der Waals surface area contributed by atoms with Crippen LogP contribution in [-0.4, -0.2) is 62.7 Å². The summed E-state index contributed by atoms with van der Waals surface area (Å²) in [5, 5.41) is 13.8. The van der Waals surface area contributed by atoms with Gasteiger partial charge in [0.15, 0.2) is 5.69 Å². The SMILES string of the molecule is O=C(O)c1ccn(CC(=O)N2CCN(Cc3ccc(Cl)c(Cl)c3)CC2)n1. The topological polar surface area (TPSA) is 78.7 Å². The first-order valence-electron chi connectivity index (χ1n) is 8.13. The first-order chi connectivity index (χ1) is 12.4. The van der Waals surface area contributed by atoms with Crippen LogP contribution in [0, 0.1) is 0 Å². The molecule has 1 aliphatic heterocycles. The molecule has 138 valence electrons. The molecule has 26 heavy (non-hydrogen) atoms. The van der Waals surface area contributed by atoms with E-state index < -0.39 is 5.97 Å². The number of carbonyl (C=O) groups is 2. The number of rotatable bonds is 5. The van der Waals surface area contributed by atoms with Crippen molar-refractivity contribution >= 4 is 35.1 Å². The van der Waals surface area contributed by atoms with E-state index in [0.717, 1.165) is 25.2 Å². The van der Waals surface area contributed by atoms with Crippen LogP contribution in [0.1, 0.15) is 16.1 Å². The second kappa shape index (κ2) is 8.07. The van der Waals surface area contributed by atoms with Crippen LogP contribution in [0.5, 0.6) is 0 Å². The summed E-state index contributed by atoms with van der Waals surface area (Å²) >= 11 is 12.0. The molecule has 0 atom stereocenters. The lowest BCUT2D eigenvalue weighted by Gasteiger charge is -2.34. The second-order valence-corrected chi connectivity index (χ2v) is 6.92. The molecule has 1 aromatic carbocycles. The highest BCUT2D eigenvalue weighted by molar-refractivity contribution is 6.42. The summed E-state index contributed by atoms with van der Waals surface area (Å²) in [5.41, 5.74) is 1.01. The first kappa shape index (κ1) is 18.7. The van der Waals surface area contributed by atoms with Crippen molar-refractivity contribution in [3.63, 3.8) is 0 Å². The van der Waals surface area contributed by atoms with Gasteiger partial charge in [-0.25, -0.2) is 4.79 Å². The molecule has 0 radical (unpaired) electrons. The monoisotopic (exact) mass is 396 g/mol. The molecule has 0 aliphatic carbocycles. The summed E-state index contributed by atoms with van der Waals surface area (Å²) < 4.78 is 1.36. The van der Waals surface area contributed by atoms with Crippen LogP contribution in [0.3, 0.4) is 0 Å². The quantitative estimate of drug-likeness (QED) is 0.837. The number of carboxylic acids is 1. The van der Waals surface area contributed by atoms with Crippen LogP contribution in [-0.2, 0) is 17.9 Å². The van der Waals surface area contributed by atoms with Crippen LogP contribution < -0.4 is 0 Å².